The predicted octanol–water partition coefficient (Wildman–Crippen LogP) is 1.76. The summed E-state index contributed by atoms with van der Waals surface area (Å²) in [5.74, 6) is -0.605. The van der Waals surface area contributed by atoms with E-state index in [0.29, 0.717) is 0 Å². The van der Waals surface area contributed by atoms with Crippen molar-refractivity contribution in [1.29, 1.82) is 0 Å². The van der Waals surface area contributed by atoms with Crippen molar-refractivity contribution in [3.8, 4) is 0 Å². The summed E-state index contributed by atoms with van der Waals surface area (Å²) in [5, 5.41) is 12.0. The van der Waals surface area contributed by atoms with Crippen LogP contribution in [0.1, 0.15) is 26.3 Å². The van der Waals surface area contributed by atoms with E-state index in [-0.39, 0.29) is 6.42 Å². The van der Waals surface area contributed by atoms with Gasteiger partial charge >= 0.3 is 12.2 Å². The summed E-state index contributed by atoms with van der Waals surface area (Å²) in [6.45, 7) is 5.12. The molecule has 0 heterocycles. The summed E-state index contributed by atoms with van der Waals surface area (Å²) in [7, 11) is 1.27. The number of ether oxygens (including phenoxy) is 1. The van der Waals surface area contributed by atoms with Crippen LogP contribution in [-0.4, -0.2) is 46.9 Å². The standard InChI is InChI=1S/C16H23N3O5/c1-16(2,3)24-15(23)17-12(10-11-8-6-5-7-9-11)13(20)19(4)18-14(21)22/h5-9,12,18H,10H2,1-4H3,(H,17,23)(H,21,22)/t12-/m0/s1. The third-order valence-corrected chi connectivity index (χ3v) is 2.87. The molecule has 0 aliphatic carbocycles. The Labute approximate surface area is 140 Å². The highest BCUT2D eigenvalue weighted by atomic mass is 16.6. The lowest BCUT2D eigenvalue weighted by atomic mass is 10.1. The zero-order valence-corrected chi connectivity index (χ0v) is 14.2. The number of carbonyl (C=O) groups excluding carboxylic acids is 2. The molecule has 1 atom stereocenters. The lowest BCUT2D eigenvalue weighted by molar-refractivity contribution is -0.134. The summed E-state index contributed by atoms with van der Waals surface area (Å²) < 4.78 is 5.16. The first-order valence-corrected chi connectivity index (χ1v) is 7.39. The van der Waals surface area contributed by atoms with Gasteiger partial charge in [0.25, 0.3) is 5.91 Å². The summed E-state index contributed by atoms with van der Waals surface area (Å²) in [4.78, 5) is 35.1. The van der Waals surface area contributed by atoms with Gasteiger partial charge in [0.2, 0.25) is 0 Å². The molecule has 0 saturated heterocycles. The normalized spacial score (nSPS) is 12.0. The topological polar surface area (TPSA) is 108 Å². The van der Waals surface area contributed by atoms with Gasteiger partial charge in [-0.05, 0) is 26.3 Å². The number of carboxylic acid groups (broad SMARTS) is 1. The van der Waals surface area contributed by atoms with Crippen LogP contribution in [0.4, 0.5) is 9.59 Å². The van der Waals surface area contributed by atoms with Gasteiger partial charge < -0.3 is 15.2 Å². The molecule has 0 unspecified atom stereocenters. The van der Waals surface area contributed by atoms with Crippen LogP contribution in [0.3, 0.4) is 0 Å². The number of likely N-dealkylation sites (N-methyl/N-ethyl adjacent to an activating group) is 1. The minimum absolute atomic E-state index is 0.199. The fraction of sp³-hybridized carbons (Fsp3) is 0.438. The molecule has 0 fully saturated rings. The number of nitrogens with one attached hydrogen (secondary N) is 2. The van der Waals surface area contributed by atoms with Crippen LogP contribution in [0.15, 0.2) is 30.3 Å². The molecule has 0 saturated carbocycles. The summed E-state index contributed by atoms with van der Waals surface area (Å²) in [5.41, 5.74) is 2.04. The monoisotopic (exact) mass is 337 g/mol. The van der Waals surface area contributed by atoms with Crippen molar-refractivity contribution in [2.45, 2.75) is 38.8 Å². The van der Waals surface area contributed by atoms with Crippen LogP contribution in [0.25, 0.3) is 0 Å². The Morgan fingerprint density at radius 3 is 2.29 bits per heavy atom. The molecule has 0 aromatic heterocycles. The number of hydrogen-bond acceptors (Lipinski definition) is 4. The van der Waals surface area contributed by atoms with E-state index in [0.717, 1.165) is 10.6 Å². The summed E-state index contributed by atoms with van der Waals surface area (Å²) in [6.07, 6.45) is -1.92. The van der Waals surface area contributed by atoms with Crippen molar-refractivity contribution in [3.05, 3.63) is 35.9 Å². The molecule has 3 amide bonds. The first-order valence-electron chi connectivity index (χ1n) is 7.39. The second-order valence-electron chi connectivity index (χ2n) is 6.20. The molecule has 1 rings (SSSR count). The average molecular weight is 337 g/mol. The van der Waals surface area contributed by atoms with E-state index in [9.17, 15) is 14.4 Å². The van der Waals surface area contributed by atoms with Gasteiger partial charge in [-0.3, -0.25) is 9.80 Å². The number of alkyl carbamates (subject to hydrolysis) is 1. The van der Waals surface area contributed by atoms with Crippen LogP contribution in [-0.2, 0) is 16.0 Å². The van der Waals surface area contributed by atoms with Crippen LogP contribution >= 0.6 is 0 Å². The second kappa shape index (κ2) is 8.19. The maximum Gasteiger partial charge on any atom is 0.423 e. The quantitative estimate of drug-likeness (QED) is 0.726. The molecule has 0 radical (unpaired) electrons. The Balaban J connectivity index is 2.88. The smallest absolute Gasteiger partial charge is 0.423 e. The van der Waals surface area contributed by atoms with Crippen LogP contribution in [0.2, 0.25) is 0 Å². The van der Waals surface area contributed by atoms with Gasteiger partial charge in [-0.1, -0.05) is 30.3 Å². The largest absolute Gasteiger partial charge is 0.464 e. The second-order valence-corrected chi connectivity index (χ2v) is 6.20. The third-order valence-electron chi connectivity index (χ3n) is 2.87. The van der Waals surface area contributed by atoms with Gasteiger partial charge in [-0.15, -0.1) is 0 Å². The van der Waals surface area contributed by atoms with E-state index >= 15 is 0 Å². The van der Waals surface area contributed by atoms with Gasteiger partial charge in [-0.2, -0.15) is 0 Å². The van der Waals surface area contributed by atoms with Crippen molar-refractivity contribution in [3.63, 3.8) is 0 Å². The molecule has 132 valence electrons. The zero-order valence-electron chi connectivity index (χ0n) is 14.2. The Morgan fingerprint density at radius 2 is 1.79 bits per heavy atom. The molecule has 1 aromatic carbocycles. The Morgan fingerprint density at radius 1 is 1.21 bits per heavy atom. The van der Waals surface area contributed by atoms with Crippen molar-refractivity contribution in [2.24, 2.45) is 0 Å². The lowest BCUT2D eigenvalue weighted by Crippen LogP contribution is -2.54. The van der Waals surface area contributed by atoms with Crippen LogP contribution in [0.5, 0.6) is 0 Å². The number of rotatable bonds is 4. The molecule has 0 aliphatic heterocycles. The van der Waals surface area contributed by atoms with Crippen molar-refractivity contribution >= 4 is 18.1 Å². The highest BCUT2D eigenvalue weighted by molar-refractivity contribution is 5.87. The highest BCUT2D eigenvalue weighted by Gasteiger charge is 2.27. The molecule has 0 aliphatic rings. The maximum atomic E-state index is 12.4. The van der Waals surface area contributed by atoms with E-state index in [4.69, 9.17) is 9.84 Å². The highest BCUT2D eigenvalue weighted by Crippen LogP contribution is 2.09. The minimum Gasteiger partial charge on any atom is -0.464 e. The van der Waals surface area contributed by atoms with Gasteiger partial charge in [-0.25, -0.2) is 15.0 Å². The van der Waals surface area contributed by atoms with Crippen molar-refractivity contribution in [1.82, 2.24) is 15.8 Å². The third kappa shape index (κ3) is 6.99. The first-order chi connectivity index (χ1) is 11.1. The van der Waals surface area contributed by atoms with E-state index in [1.165, 1.54) is 7.05 Å². The zero-order chi connectivity index (χ0) is 18.3. The maximum absolute atomic E-state index is 12.4. The predicted molar refractivity (Wildman–Crippen MR) is 87.2 cm³/mol. The number of hydrazine groups is 1. The Hall–Kier alpha value is -2.77. The molecule has 0 spiro atoms. The van der Waals surface area contributed by atoms with E-state index in [1.54, 1.807) is 20.8 Å². The Bertz CT molecular complexity index is 583. The molecule has 3 N–H and O–H groups in total. The van der Waals surface area contributed by atoms with Crippen molar-refractivity contribution < 1.29 is 24.2 Å². The van der Waals surface area contributed by atoms with E-state index in [2.05, 4.69) is 5.32 Å². The van der Waals surface area contributed by atoms with Gasteiger partial charge in [0, 0.05) is 13.5 Å². The van der Waals surface area contributed by atoms with Crippen LogP contribution in [0, 0.1) is 0 Å². The molecular weight excluding hydrogens is 314 g/mol. The van der Waals surface area contributed by atoms with Gasteiger partial charge in [0.1, 0.15) is 11.6 Å². The molecule has 8 heteroatoms. The van der Waals surface area contributed by atoms with Gasteiger partial charge in [0.15, 0.2) is 0 Å². The fourth-order valence-electron chi connectivity index (χ4n) is 1.93. The number of benzene rings is 1. The summed E-state index contributed by atoms with van der Waals surface area (Å²) in [6, 6.07) is 8.09. The number of nitrogens with zero attached hydrogens (tertiary/aromatic N) is 1. The lowest BCUT2D eigenvalue weighted by Gasteiger charge is -2.26. The molecule has 0 bridgehead atoms. The van der Waals surface area contributed by atoms with Gasteiger partial charge in [0.05, 0.1) is 0 Å². The number of carbonyl (C=O) groups is 3. The van der Waals surface area contributed by atoms with Crippen LogP contribution < -0.4 is 10.7 Å². The molecular formula is C16H23N3O5. The van der Waals surface area contributed by atoms with E-state index < -0.39 is 29.7 Å². The minimum atomic E-state index is -1.37. The summed E-state index contributed by atoms with van der Waals surface area (Å²) >= 11 is 0. The van der Waals surface area contributed by atoms with E-state index in [1.807, 2.05) is 35.8 Å². The average Bonchev–Trinajstić information content (AvgIpc) is 2.44. The Kier molecular flexibility index (Phi) is 6.58. The number of hydrogen-bond donors (Lipinski definition) is 3. The molecule has 1 aromatic rings. The number of amides is 3. The SMILES string of the molecule is CN(NC(=O)O)C(=O)[C@H](Cc1ccccc1)NC(=O)OC(C)(C)C. The van der Waals surface area contributed by atoms with Crippen molar-refractivity contribution in [2.75, 3.05) is 7.05 Å². The fourth-order valence-corrected chi connectivity index (χ4v) is 1.93. The molecule has 24 heavy (non-hydrogen) atoms. The molecule has 8 nitrogen and oxygen atoms in total. The first kappa shape index (κ1) is 19.3.